The van der Waals surface area contributed by atoms with Crippen LogP contribution in [0.15, 0.2) is 45.7 Å². The molecule has 0 aliphatic carbocycles. The molecule has 0 N–H and O–H groups in total. The van der Waals surface area contributed by atoms with Gasteiger partial charge in [0, 0.05) is 23.7 Å². The van der Waals surface area contributed by atoms with Crippen molar-refractivity contribution in [3.8, 4) is 11.3 Å². The first-order chi connectivity index (χ1) is 11.5. The average Bonchev–Trinajstić information content (AvgIpc) is 3.13. The van der Waals surface area contributed by atoms with Crippen LogP contribution in [-0.2, 0) is 4.79 Å². The highest BCUT2D eigenvalue weighted by Gasteiger charge is 2.30. The largest absolute Gasteiger partial charge is 0.457 e. The molecule has 1 aliphatic rings. The molecule has 0 spiro atoms. The fourth-order valence-electron chi connectivity index (χ4n) is 2.36. The quantitative estimate of drug-likeness (QED) is 0.462. The van der Waals surface area contributed by atoms with Crippen LogP contribution >= 0.6 is 24.0 Å². The van der Waals surface area contributed by atoms with E-state index in [-0.39, 0.29) is 11.7 Å². The molecule has 0 unspecified atom stereocenters. The Bertz CT molecular complexity index is 849. The van der Waals surface area contributed by atoms with Gasteiger partial charge in [-0.2, -0.15) is 0 Å². The number of carbonyl (C=O) groups is 2. The first-order valence-corrected chi connectivity index (χ1v) is 8.68. The maximum Gasteiger partial charge on any atom is 0.266 e. The van der Waals surface area contributed by atoms with Crippen LogP contribution in [0.4, 0.5) is 0 Å². The Morgan fingerprint density at radius 2 is 1.96 bits per heavy atom. The monoisotopic (exact) mass is 357 g/mol. The van der Waals surface area contributed by atoms with E-state index in [2.05, 4.69) is 0 Å². The zero-order valence-corrected chi connectivity index (χ0v) is 14.9. The fraction of sp³-hybridized carbons (Fsp3) is 0.167. The molecule has 4 nitrogen and oxygen atoms in total. The zero-order chi connectivity index (χ0) is 17.3. The number of rotatable bonds is 4. The molecule has 2 heterocycles. The zero-order valence-electron chi connectivity index (χ0n) is 13.2. The fourth-order valence-corrected chi connectivity index (χ4v) is 3.72. The number of furan rings is 1. The highest BCUT2D eigenvalue weighted by molar-refractivity contribution is 8.26. The van der Waals surface area contributed by atoms with E-state index in [1.54, 1.807) is 23.1 Å². The van der Waals surface area contributed by atoms with E-state index >= 15 is 0 Å². The number of likely N-dealkylation sites (N-methyl/N-ethyl adjacent to an activating group) is 1. The van der Waals surface area contributed by atoms with E-state index in [4.69, 9.17) is 16.6 Å². The van der Waals surface area contributed by atoms with Crippen molar-refractivity contribution in [3.05, 3.63) is 52.6 Å². The summed E-state index contributed by atoms with van der Waals surface area (Å²) in [6, 6.07) is 10.9. The third-order valence-electron chi connectivity index (χ3n) is 3.67. The molecule has 0 bridgehead atoms. The van der Waals surface area contributed by atoms with E-state index < -0.39 is 0 Å². The summed E-state index contributed by atoms with van der Waals surface area (Å²) in [4.78, 5) is 25.7. The van der Waals surface area contributed by atoms with Crippen LogP contribution in [0.2, 0.25) is 0 Å². The Morgan fingerprint density at radius 1 is 1.25 bits per heavy atom. The molecule has 1 aromatic heterocycles. The second-order valence-corrected chi connectivity index (χ2v) is 6.94. The van der Waals surface area contributed by atoms with Crippen molar-refractivity contribution in [3.63, 3.8) is 0 Å². The highest BCUT2D eigenvalue weighted by Crippen LogP contribution is 2.33. The first kappa shape index (κ1) is 16.7. The molecule has 1 amide bonds. The van der Waals surface area contributed by atoms with Gasteiger partial charge < -0.3 is 4.42 Å². The molecule has 6 heteroatoms. The number of nitrogens with zero attached hydrogens (tertiary/aromatic N) is 1. The summed E-state index contributed by atoms with van der Waals surface area (Å²) in [5.74, 6) is 1.22. The maximum atomic E-state index is 12.2. The molecule has 1 aliphatic heterocycles. The number of amides is 1. The topological polar surface area (TPSA) is 50.5 Å². The lowest BCUT2D eigenvalue weighted by Crippen LogP contribution is -2.27. The van der Waals surface area contributed by atoms with Gasteiger partial charge in [0.2, 0.25) is 0 Å². The summed E-state index contributed by atoms with van der Waals surface area (Å²) < 4.78 is 6.37. The number of carbonyl (C=O) groups excluding carboxylic acids is 2. The Labute approximate surface area is 149 Å². The number of hydrogen-bond donors (Lipinski definition) is 0. The Hall–Kier alpha value is -2.18. The smallest absolute Gasteiger partial charge is 0.266 e. The lowest BCUT2D eigenvalue weighted by Gasteiger charge is -2.09. The van der Waals surface area contributed by atoms with Crippen LogP contribution in [-0.4, -0.2) is 27.5 Å². The highest BCUT2D eigenvalue weighted by atomic mass is 32.2. The SMILES string of the molecule is CCN1C(=O)/C(=C/c2ccc(-c3ccc(C(C)=O)cc3)o2)SC1=S. The predicted molar refractivity (Wildman–Crippen MR) is 99.7 cm³/mol. The van der Waals surface area contributed by atoms with E-state index in [1.165, 1.54) is 18.7 Å². The average molecular weight is 357 g/mol. The lowest BCUT2D eigenvalue weighted by molar-refractivity contribution is -0.122. The summed E-state index contributed by atoms with van der Waals surface area (Å²) in [5.41, 5.74) is 1.54. The number of ketones is 1. The van der Waals surface area contributed by atoms with E-state index in [1.807, 2.05) is 31.2 Å². The van der Waals surface area contributed by atoms with Gasteiger partial charge >= 0.3 is 0 Å². The minimum absolute atomic E-state index is 0.0274. The standard InChI is InChI=1S/C18H15NO3S2/c1-3-19-17(21)16(24-18(19)23)10-14-8-9-15(22-14)13-6-4-12(5-7-13)11(2)20/h4-10H,3H2,1-2H3/b16-10-. The van der Waals surface area contributed by atoms with Gasteiger partial charge in [-0.15, -0.1) is 0 Å². The Balaban J connectivity index is 1.83. The lowest BCUT2D eigenvalue weighted by atomic mass is 10.1. The van der Waals surface area contributed by atoms with Crippen molar-refractivity contribution in [2.75, 3.05) is 6.54 Å². The minimum Gasteiger partial charge on any atom is -0.457 e. The van der Waals surface area contributed by atoms with Gasteiger partial charge in [0.1, 0.15) is 15.8 Å². The molecule has 1 saturated heterocycles. The second kappa shape index (κ2) is 6.75. The Kier molecular flexibility index (Phi) is 4.69. The van der Waals surface area contributed by atoms with Crippen molar-refractivity contribution in [1.29, 1.82) is 0 Å². The summed E-state index contributed by atoms with van der Waals surface area (Å²) >= 11 is 6.48. The van der Waals surface area contributed by atoms with E-state index in [0.29, 0.717) is 32.9 Å². The molecule has 3 rings (SSSR count). The van der Waals surface area contributed by atoms with Gasteiger partial charge in [0.15, 0.2) is 5.78 Å². The number of thiocarbonyl (C=S) groups is 1. The van der Waals surface area contributed by atoms with Gasteiger partial charge in [-0.25, -0.2) is 0 Å². The van der Waals surface area contributed by atoms with Crippen molar-refractivity contribution < 1.29 is 14.0 Å². The van der Waals surface area contributed by atoms with Crippen LogP contribution in [0.25, 0.3) is 17.4 Å². The number of thioether (sulfide) groups is 1. The molecule has 0 saturated carbocycles. The second-order valence-electron chi connectivity index (χ2n) is 5.26. The van der Waals surface area contributed by atoms with Crippen LogP contribution < -0.4 is 0 Å². The van der Waals surface area contributed by atoms with Crippen molar-refractivity contribution in [2.45, 2.75) is 13.8 Å². The van der Waals surface area contributed by atoms with Crippen molar-refractivity contribution in [2.24, 2.45) is 0 Å². The molecule has 1 aromatic carbocycles. The first-order valence-electron chi connectivity index (χ1n) is 7.46. The summed E-state index contributed by atoms with van der Waals surface area (Å²) in [6.07, 6.45) is 1.71. The van der Waals surface area contributed by atoms with Gasteiger partial charge in [-0.05, 0) is 26.0 Å². The van der Waals surface area contributed by atoms with Gasteiger partial charge in [-0.3, -0.25) is 14.5 Å². The van der Waals surface area contributed by atoms with Crippen molar-refractivity contribution in [1.82, 2.24) is 4.90 Å². The van der Waals surface area contributed by atoms with Gasteiger partial charge in [0.05, 0.1) is 4.91 Å². The minimum atomic E-state index is -0.0868. The third kappa shape index (κ3) is 3.20. The third-order valence-corrected chi connectivity index (χ3v) is 5.04. The summed E-state index contributed by atoms with van der Waals surface area (Å²) in [5, 5.41) is 0. The molecule has 0 atom stereocenters. The van der Waals surface area contributed by atoms with Crippen LogP contribution in [0.1, 0.15) is 30.0 Å². The van der Waals surface area contributed by atoms with Crippen molar-refractivity contribution >= 4 is 46.1 Å². The van der Waals surface area contributed by atoms with Crippen LogP contribution in [0, 0.1) is 0 Å². The molecular formula is C18H15NO3S2. The Morgan fingerprint density at radius 3 is 2.54 bits per heavy atom. The summed E-state index contributed by atoms with van der Waals surface area (Å²) in [6.45, 7) is 3.99. The van der Waals surface area contributed by atoms with Crippen LogP contribution in [0.5, 0.6) is 0 Å². The van der Waals surface area contributed by atoms with Gasteiger partial charge in [-0.1, -0.05) is 48.2 Å². The molecule has 1 fully saturated rings. The normalized spacial score (nSPS) is 16.2. The summed E-state index contributed by atoms with van der Waals surface area (Å²) in [7, 11) is 0. The van der Waals surface area contributed by atoms with E-state index in [0.717, 1.165) is 5.56 Å². The molecule has 122 valence electrons. The molecule has 24 heavy (non-hydrogen) atoms. The number of benzene rings is 1. The van der Waals surface area contributed by atoms with Gasteiger partial charge in [0.25, 0.3) is 5.91 Å². The maximum absolute atomic E-state index is 12.2. The predicted octanol–water partition coefficient (Wildman–Crippen LogP) is 4.37. The molecular weight excluding hydrogens is 342 g/mol. The molecule has 0 radical (unpaired) electrons. The van der Waals surface area contributed by atoms with E-state index in [9.17, 15) is 9.59 Å². The molecule has 2 aromatic rings. The van der Waals surface area contributed by atoms with Crippen LogP contribution in [0.3, 0.4) is 0 Å². The number of hydrogen-bond acceptors (Lipinski definition) is 5. The number of Topliss-reactive ketones (excluding diaryl/α,β-unsaturated/α-hetero) is 1.